The van der Waals surface area contributed by atoms with Crippen molar-refractivity contribution in [1.29, 1.82) is 0 Å². The minimum Gasteiger partial charge on any atom is -0.361 e. The maximum absolute atomic E-state index is 6.08. The van der Waals surface area contributed by atoms with Gasteiger partial charge in [0.05, 0.1) is 17.8 Å². The van der Waals surface area contributed by atoms with Crippen LogP contribution in [0.4, 0.5) is 0 Å². The van der Waals surface area contributed by atoms with Gasteiger partial charge in [0.25, 0.3) is 0 Å². The van der Waals surface area contributed by atoms with Crippen LogP contribution in [-0.2, 0) is 27.7 Å². The first-order valence-corrected chi connectivity index (χ1v) is 15.2. The molecule has 1 saturated heterocycles. The molecule has 1 aliphatic heterocycles. The molecule has 2 fully saturated rings. The topological polar surface area (TPSA) is 75.7 Å². The molecule has 0 bridgehead atoms. The lowest BCUT2D eigenvalue weighted by Crippen LogP contribution is -2.23. The van der Waals surface area contributed by atoms with Gasteiger partial charge in [0.2, 0.25) is 0 Å². The van der Waals surface area contributed by atoms with Crippen molar-refractivity contribution >= 4 is 24.9 Å². The van der Waals surface area contributed by atoms with Crippen LogP contribution in [0.5, 0.6) is 0 Å². The fourth-order valence-electron chi connectivity index (χ4n) is 4.94. The third kappa shape index (κ3) is 3.92. The lowest BCUT2D eigenvalue weighted by molar-refractivity contribution is -0.307. The molecule has 1 saturated carbocycles. The summed E-state index contributed by atoms with van der Waals surface area (Å²) in [4.78, 5) is 16.1. The molecule has 1 spiro atoms. The van der Waals surface area contributed by atoms with E-state index in [0.717, 1.165) is 67.3 Å². The van der Waals surface area contributed by atoms with Crippen molar-refractivity contribution in [2.75, 3.05) is 13.2 Å². The minimum atomic E-state index is -1.11. The second-order valence-corrected chi connectivity index (χ2v) is 15.9. The summed E-state index contributed by atoms with van der Waals surface area (Å²) >= 11 is 0. The van der Waals surface area contributed by atoms with Crippen LogP contribution in [-0.4, -0.2) is 51.0 Å². The van der Waals surface area contributed by atoms with Crippen LogP contribution in [0.25, 0.3) is 16.8 Å². The largest absolute Gasteiger partial charge is 0.361 e. The van der Waals surface area contributed by atoms with Gasteiger partial charge in [-0.25, -0.2) is 14.8 Å². The van der Waals surface area contributed by atoms with Gasteiger partial charge in [-0.15, -0.1) is 10.2 Å². The standard InChI is InChI=1S/C22H33N5O3Si/c1-5-16-13-26(15-28-10-11-31(2,3)4)21-19(16)27-14-23-25-20(27)18(24-21)17-6-7-22(12-17)8-9-29-30-22/h13-14,17H,5-12,15H2,1-4H3. The number of ether oxygens (including phenoxy) is 1. The summed E-state index contributed by atoms with van der Waals surface area (Å²) in [7, 11) is -1.11. The number of aryl methyl sites for hydroxylation is 1. The van der Waals surface area contributed by atoms with Gasteiger partial charge in [-0.1, -0.05) is 26.6 Å². The molecule has 0 amide bonds. The predicted molar refractivity (Wildman–Crippen MR) is 121 cm³/mol. The van der Waals surface area contributed by atoms with E-state index in [4.69, 9.17) is 19.5 Å². The van der Waals surface area contributed by atoms with E-state index >= 15 is 0 Å². The fraction of sp³-hybridized carbons (Fsp3) is 0.682. The van der Waals surface area contributed by atoms with E-state index in [1.54, 1.807) is 0 Å². The molecule has 0 N–H and O–H groups in total. The summed E-state index contributed by atoms with van der Waals surface area (Å²) < 4.78 is 10.3. The summed E-state index contributed by atoms with van der Waals surface area (Å²) in [5.74, 6) is 0.291. The highest BCUT2D eigenvalue weighted by molar-refractivity contribution is 6.76. The average molecular weight is 444 g/mol. The van der Waals surface area contributed by atoms with Crippen molar-refractivity contribution in [3.63, 3.8) is 0 Å². The van der Waals surface area contributed by atoms with E-state index in [9.17, 15) is 0 Å². The zero-order chi connectivity index (χ0) is 21.6. The Hall–Kier alpha value is -1.81. The monoisotopic (exact) mass is 443 g/mol. The Bertz CT molecular complexity index is 1080. The third-order valence-corrected chi connectivity index (χ3v) is 8.49. The quantitative estimate of drug-likeness (QED) is 0.308. The lowest BCUT2D eigenvalue weighted by Gasteiger charge is -2.19. The first-order chi connectivity index (χ1) is 14.9. The van der Waals surface area contributed by atoms with Gasteiger partial charge in [-0.2, -0.15) is 0 Å². The lowest BCUT2D eigenvalue weighted by atomic mass is 9.96. The zero-order valence-electron chi connectivity index (χ0n) is 19.1. The number of hydrogen-bond donors (Lipinski definition) is 0. The molecule has 5 rings (SSSR count). The van der Waals surface area contributed by atoms with E-state index in [0.29, 0.717) is 19.3 Å². The molecule has 4 heterocycles. The number of hydrogen-bond acceptors (Lipinski definition) is 6. The fourth-order valence-corrected chi connectivity index (χ4v) is 5.70. The molecular formula is C22H33N5O3Si. The highest BCUT2D eigenvalue weighted by Gasteiger charge is 2.46. The van der Waals surface area contributed by atoms with E-state index in [2.05, 4.69) is 51.9 Å². The Kier molecular flexibility index (Phi) is 5.40. The van der Waals surface area contributed by atoms with Gasteiger partial charge < -0.3 is 9.30 Å². The van der Waals surface area contributed by atoms with E-state index < -0.39 is 8.07 Å². The van der Waals surface area contributed by atoms with Crippen LogP contribution in [0.2, 0.25) is 25.7 Å². The van der Waals surface area contributed by atoms with Gasteiger partial charge in [0.1, 0.15) is 18.7 Å². The molecule has 3 aromatic heterocycles. The number of fused-ring (bicyclic) bond motifs is 3. The molecule has 2 unspecified atom stereocenters. The molecule has 31 heavy (non-hydrogen) atoms. The average Bonchev–Trinajstić information content (AvgIpc) is 3.51. The number of aromatic nitrogens is 5. The second-order valence-electron chi connectivity index (χ2n) is 10.3. The van der Waals surface area contributed by atoms with Gasteiger partial charge in [-0.3, -0.25) is 4.40 Å². The molecule has 0 radical (unpaired) electrons. The van der Waals surface area contributed by atoms with Crippen molar-refractivity contribution in [2.24, 2.45) is 0 Å². The predicted octanol–water partition coefficient (Wildman–Crippen LogP) is 4.31. The van der Waals surface area contributed by atoms with E-state index in [1.807, 2.05) is 6.33 Å². The van der Waals surface area contributed by atoms with Crippen LogP contribution < -0.4 is 0 Å². The molecule has 2 aliphatic rings. The molecule has 8 nitrogen and oxygen atoms in total. The normalized spacial score (nSPS) is 24.3. The summed E-state index contributed by atoms with van der Waals surface area (Å²) in [6, 6.07) is 1.16. The Morgan fingerprint density at radius 3 is 2.87 bits per heavy atom. The maximum atomic E-state index is 6.08. The molecule has 9 heteroatoms. The molecular weight excluding hydrogens is 410 g/mol. The Morgan fingerprint density at radius 1 is 1.26 bits per heavy atom. The summed E-state index contributed by atoms with van der Waals surface area (Å²) in [5, 5.41) is 8.70. The van der Waals surface area contributed by atoms with Gasteiger partial charge in [-0.05, 0) is 37.3 Å². The third-order valence-electron chi connectivity index (χ3n) is 6.78. The molecule has 2 atom stereocenters. The SMILES string of the molecule is CCc1cn(COCC[Si](C)(C)C)c2nc(C3CCC4(CCOO4)C3)c3nncn3c12. The van der Waals surface area contributed by atoms with E-state index in [1.165, 1.54) is 5.56 Å². The van der Waals surface area contributed by atoms with E-state index in [-0.39, 0.29) is 5.60 Å². The van der Waals surface area contributed by atoms with Crippen molar-refractivity contribution in [2.45, 2.75) is 83.0 Å². The number of rotatable bonds is 7. The Balaban J connectivity index is 1.50. The first-order valence-electron chi connectivity index (χ1n) is 11.5. The van der Waals surface area contributed by atoms with Gasteiger partial charge in [0, 0.05) is 33.2 Å². The zero-order valence-corrected chi connectivity index (χ0v) is 20.1. The van der Waals surface area contributed by atoms with Gasteiger partial charge >= 0.3 is 0 Å². The second kappa shape index (κ2) is 7.95. The molecule has 1 aliphatic carbocycles. The maximum Gasteiger partial charge on any atom is 0.183 e. The van der Waals surface area contributed by atoms with Crippen LogP contribution in [0.3, 0.4) is 0 Å². The Morgan fingerprint density at radius 2 is 2.13 bits per heavy atom. The van der Waals surface area contributed by atoms with Crippen LogP contribution >= 0.6 is 0 Å². The molecule has 3 aromatic rings. The minimum absolute atomic E-state index is 0.158. The van der Waals surface area contributed by atoms with Crippen molar-refractivity contribution in [3.05, 3.63) is 23.8 Å². The Labute approximate surface area is 183 Å². The van der Waals surface area contributed by atoms with Gasteiger partial charge in [0.15, 0.2) is 11.3 Å². The summed E-state index contributed by atoms with van der Waals surface area (Å²) in [6.07, 6.45) is 8.82. The summed E-state index contributed by atoms with van der Waals surface area (Å²) in [6.45, 7) is 11.3. The summed E-state index contributed by atoms with van der Waals surface area (Å²) in [5.41, 5.74) is 5.00. The van der Waals surface area contributed by atoms with Crippen molar-refractivity contribution in [3.8, 4) is 0 Å². The van der Waals surface area contributed by atoms with Crippen LogP contribution in [0.1, 0.15) is 49.8 Å². The van der Waals surface area contributed by atoms with Crippen LogP contribution in [0, 0.1) is 0 Å². The smallest absolute Gasteiger partial charge is 0.183 e. The highest BCUT2D eigenvalue weighted by atomic mass is 28.3. The highest BCUT2D eigenvalue weighted by Crippen LogP contribution is 2.47. The van der Waals surface area contributed by atoms with Crippen molar-refractivity contribution in [1.82, 2.24) is 24.1 Å². The molecule has 0 aromatic carbocycles. The van der Waals surface area contributed by atoms with Crippen LogP contribution in [0.15, 0.2) is 12.5 Å². The van der Waals surface area contributed by atoms with Crippen molar-refractivity contribution < 1.29 is 14.5 Å². The number of nitrogens with zero attached hydrogens (tertiary/aromatic N) is 5. The first kappa shape index (κ1) is 21.1. The molecule has 168 valence electrons.